The first-order chi connectivity index (χ1) is 11.1. The molecule has 0 heterocycles. The second-order valence-corrected chi connectivity index (χ2v) is 7.50. The lowest BCUT2D eigenvalue weighted by Crippen LogP contribution is -2.14. The smallest absolute Gasteiger partial charge is 0.305 e. The minimum atomic E-state index is 0.00272. The Morgan fingerprint density at radius 2 is 1.35 bits per heavy atom. The van der Waals surface area contributed by atoms with Crippen LogP contribution in [0.2, 0.25) is 0 Å². The van der Waals surface area contributed by atoms with Crippen LogP contribution in [0.1, 0.15) is 111 Å². The Bertz CT molecular complexity index is 263. The molecular formula is C21H42O2. The molecule has 0 aliphatic rings. The molecule has 0 spiro atoms. The van der Waals surface area contributed by atoms with Gasteiger partial charge in [-0.3, -0.25) is 4.79 Å². The fraction of sp³-hybridized carbons (Fsp3) is 0.952. The van der Waals surface area contributed by atoms with Crippen LogP contribution in [0.25, 0.3) is 0 Å². The number of hydrogen-bond donors (Lipinski definition) is 0. The van der Waals surface area contributed by atoms with Crippen LogP contribution in [0.5, 0.6) is 0 Å². The number of carbonyl (C=O) groups is 1. The van der Waals surface area contributed by atoms with Gasteiger partial charge in [-0.1, -0.05) is 91.9 Å². The molecule has 0 rings (SSSR count). The van der Waals surface area contributed by atoms with E-state index in [0.29, 0.717) is 18.9 Å². The molecular weight excluding hydrogens is 284 g/mol. The predicted molar refractivity (Wildman–Crippen MR) is 101 cm³/mol. The highest BCUT2D eigenvalue weighted by molar-refractivity contribution is 5.69. The standard InChI is InChI=1S/C21H42O2/c1-5-7-8-9-10-11-12-13-14-16-21(22)23-18-20(4)17-19(3)15-6-2/h19-20H,5-18H2,1-4H3. The molecule has 0 N–H and O–H groups in total. The molecule has 0 aromatic rings. The second kappa shape index (κ2) is 16.3. The van der Waals surface area contributed by atoms with Crippen molar-refractivity contribution in [3.8, 4) is 0 Å². The van der Waals surface area contributed by atoms with Gasteiger partial charge in [0.05, 0.1) is 6.61 Å². The number of unbranched alkanes of at least 4 members (excludes halogenated alkanes) is 8. The Morgan fingerprint density at radius 3 is 1.91 bits per heavy atom. The van der Waals surface area contributed by atoms with Gasteiger partial charge in [0.2, 0.25) is 0 Å². The molecule has 0 fully saturated rings. The first kappa shape index (κ1) is 22.5. The van der Waals surface area contributed by atoms with Crippen LogP contribution in [-0.4, -0.2) is 12.6 Å². The van der Waals surface area contributed by atoms with Gasteiger partial charge in [-0.05, 0) is 24.7 Å². The van der Waals surface area contributed by atoms with Crippen LogP contribution in [0.3, 0.4) is 0 Å². The van der Waals surface area contributed by atoms with Crippen LogP contribution >= 0.6 is 0 Å². The molecule has 2 atom stereocenters. The summed E-state index contributed by atoms with van der Waals surface area (Å²) in [7, 11) is 0. The van der Waals surface area contributed by atoms with Crippen LogP contribution in [0.4, 0.5) is 0 Å². The van der Waals surface area contributed by atoms with Gasteiger partial charge in [0.25, 0.3) is 0 Å². The van der Waals surface area contributed by atoms with Crippen LogP contribution < -0.4 is 0 Å². The monoisotopic (exact) mass is 326 g/mol. The van der Waals surface area contributed by atoms with E-state index >= 15 is 0 Å². The Morgan fingerprint density at radius 1 is 0.783 bits per heavy atom. The Kier molecular flexibility index (Phi) is 16.0. The van der Waals surface area contributed by atoms with E-state index in [1.54, 1.807) is 0 Å². The molecule has 2 nitrogen and oxygen atoms in total. The summed E-state index contributed by atoms with van der Waals surface area (Å²) in [6, 6.07) is 0. The van der Waals surface area contributed by atoms with Gasteiger partial charge in [0.1, 0.15) is 0 Å². The van der Waals surface area contributed by atoms with Crippen molar-refractivity contribution < 1.29 is 9.53 Å². The van der Waals surface area contributed by atoms with E-state index in [1.807, 2.05) is 0 Å². The van der Waals surface area contributed by atoms with Gasteiger partial charge in [-0.15, -0.1) is 0 Å². The third kappa shape index (κ3) is 16.1. The topological polar surface area (TPSA) is 26.3 Å². The minimum Gasteiger partial charge on any atom is -0.465 e. The minimum absolute atomic E-state index is 0.00272. The average Bonchev–Trinajstić information content (AvgIpc) is 2.51. The Labute approximate surface area is 145 Å². The summed E-state index contributed by atoms with van der Waals surface area (Å²) in [4.78, 5) is 11.7. The van der Waals surface area contributed by atoms with Crippen molar-refractivity contribution in [1.29, 1.82) is 0 Å². The number of carbonyl (C=O) groups excluding carboxylic acids is 1. The fourth-order valence-electron chi connectivity index (χ4n) is 3.25. The van der Waals surface area contributed by atoms with Gasteiger partial charge >= 0.3 is 5.97 Å². The lowest BCUT2D eigenvalue weighted by Gasteiger charge is -2.16. The van der Waals surface area contributed by atoms with Gasteiger partial charge < -0.3 is 4.74 Å². The predicted octanol–water partition coefficient (Wildman–Crippen LogP) is 6.91. The highest BCUT2D eigenvalue weighted by Crippen LogP contribution is 2.17. The van der Waals surface area contributed by atoms with E-state index in [9.17, 15) is 4.79 Å². The van der Waals surface area contributed by atoms with Crippen LogP contribution in [0.15, 0.2) is 0 Å². The van der Waals surface area contributed by atoms with Crippen molar-refractivity contribution in [3.63, 3.8) is 0 Å². The van der Waals surface area contributed by atoms with Crippen molar-refractivity contribution in [2.24, 2.45) is 11.8 Å². The third-order valence-corrected chi connectivity index (χ3v) is 4.60. The van der Waals surface area contributed by atoms with Gasteiger partial charge in [-0.25, -0.2) is 0 Å². The zero-order valence-electron chi connectivity index (χ0n) is 16.4. The first-order valence-electron chi connectivity index (χ1n) is 10.3. The molecule has 0 amide bonds. The fourth-order valence-corrected chi connectivity index (χ4v) is 3.25. The van der Waals surface area contributed by atoms with E-state index < -0.39 is 0 Å². The van der Waals surface area contributed by atoms with Crippen molar-refractivity contribution in [2.45, 2.75) is 111 Å². The summed E-state index contributed by atoms with van der Waals surface area (Å²) in [5.41, 5.74) is 0. The second-order valence-electron chi connectivity index (χ2n) is 7.50. The number of esters is 1. The van der Waals surface area contributed by atoms with Gasteiger partial charge in [-0.2, -0.15) is 0 Å². The highest BCUT2D eigenvalue weighted by Gasteiger charge is 2.11. The highest BCUT2D eigenvalue weighted by atomic mass is 16.5. The van der Waals surface area contributed by atoms with E-state index in [4.69, 9.17) is 4.74 Å². The molecule has 2 heteroatoms. The lowest BCUT2D eigenvalue weighted by molar-refractivity contribution is -0.145. The molecule has 138 valence electrons. The van der Waals surface area contributed by atoms with Gasteiger partial charge in [0.15, 0.2) is 0 Å². The Hall–Kier alpha value is -0.530. The molecule has 23 heavy (non-hydrogen) atoms. The molecule has 0 aliphatic carbocycles. The summed E-state index contributed by atoms with van der Waals surface area (Å²) in [5.74, 6) is 1.23. The molecule has 0 radical (unpaired) electrons. The summed E-state index contributed by atoms with van der Waals surface area (Å²) in [6.45, 7) is 9.57. The summed E-state index contributed by atoms with van der Waals surface area (Å²) >= 11 is 0. The molecule has 2 unspecified atom stereocenters. The lowest BCUT2D eigenvalue weighted by atomic mass is 9.94. The number of hydrogen-bond acceptors (Lipinski definition) is 2. The number of rotatable bonds is 16. The zero-order chi connectivity index (χ0) is 17.3. The average molecular weight is 327 g/mol. The molecule has 0 bridgehead atoms. The third-order valence-electron chi connectivity index (χ3n) is 4.60. The molecule has 0 aliphatic heterocycles. The van der Waals surface area contributed by atoms with Crippen LogP contribution in [-0.2, 0) is 9.53 Å². The van der Waals surface area contributed by atoms with Crippen molar-refractivity contribution in [1.82, 2.24) is 0 Å². The van der Waals surface area contributed by atoms with E-state index in [2.05, 4.69) is 27.7 Å². The SMILES string of the molecule is CCCCCCCCCCCC(=O)OCC(C)CC(C)CCC. The maximum absolute atomic E-state index is 11.7. The summed E-state index contributed by atoms with van der Waals surface area (Å²) in [6.07, 6.45) is 15.9. The number of ether oxygens (including phenoxy) is 1. The Balaban J connectivity index is 3.40. The normalized spacial score (nSPS) is 13.7. The van der Waals surface area contributed by atoms with E-state index in [1.165, 1.54) is 70.6 Å². The zero-order valence-corrected chi connectivity index (χ0v) is 16.4. The largest absolute Gasteiger partial charge is 0.465 e. The summed E-state index contributed by atoms with van der Waals surface area (Å²) < 4.78 is 5.42. The van der Waals surface area contributed by atoms with Gasteiger partial charge in [0, 0.05) is 6.42 Å². The quantitative estimate of drug-likeness (QED) is 0.227. The van der Waals surface area contributed by atoms with Crippen molar-refractivity contribution in [2.75, 3.05) is 6.61 Å². The van der Waals surface area contributed by atoms with Crippen molar-refractivity contribution >= 4 is 5.97 Å². The maximum Gasteiger partial charge on any atom is 0.305 e. The van der Waals surface area contributed by atoms with Crippen LogP contribution in [0, 0.1) is 11.8 Å². The van der Waals surface area contributed by atoms with E-state index in [-0.39, 0.29) is 5.97 Å². The molecule has 0 saturated heterocycles. The molecule has 0 aromatic heterocycles. The maximum atomic E-state index is 11.7. The molecule has 0 saturated carbocycles. The summed E-state index contributed by atoms with van der Waals surface area (Å²) in [5, 5.41) is 0. The molecule has 0 aromatic carbocycles. The van der Waals surface area contributed by atoms with Crippen molar-refractivity contribution in [3.05, 3.63) is 0 Å². The first-order valence-corrected chi connectivity index (χ1v) is 10.3. The van der Waals surface area contributed by atoms with E-state index in [0.717, 1.165) is 12.3 Å².